The van der Waals surface area contributed by atoms with Crippen LogP contribution in [0, 0.1) is 0 Å². The Morgan fingerprint density at radius 1 is 1.22 bits per heavy atom. The molecule has 1 amide bonds. The van der Waals surface area contributed by atoms with Crippen molar-refractivity contribution in [2.24, 2.45) is 0 Å². The number of esters is 2. The molecule has 0 spiro atoms. The van der Waals surface area contributed by atoms with Gasteiger partial charge in [-0.15, -0.1) is 0 Å². The van der Waals surface area contributed by atoms with E-state index in [2.05, 4.69) is 10.1 Å². The fourth-order valence-electron chi connectivity index (χ4n) is 1.43. The molecule has 1 fully saturated rings. The first-order valence-electron chi connectivity index (χ1n) is 5.91. The van der Waals surface area contributed by atoms with Gasteiger partial charge in [-0.05, 0) is 13.8 Å². The molecule has 1 heterocycles. The summed E-state index contributed by atoms with van der Waals surface area (Å²) in [7, 11) is 0. The number of nitrogens with zero attached hydrogens (tertiary/aromatic N) is 1. The van der Waals surface area contributed by atoms with Crippen molar-refractivity contribution < 1.29 is 23.9 Å². The van der Waals surface area contributed by atoms with Gasteiger partial charge in [-0.3, -0.25) is 19.3 Å². The minimum atomic E-state index is -0.474. The smallest absolute Gasteiger partial charge is 0.325 e. The van der Waals surface area contributed by atoms with Gasteiger partial charge in [0.25, 0.3) is 0 Å². The number of ether oxygens (including phenoxy) is 2. The molecule has 0 saturated carbocycles. The molecule has 1 N–H and O–H groups in total. The summed E-state index contributed by atoms with van der Waals surface area (Å²) in [6, 6.07) is -0.321. The number of amides is 1. The summed E-state index contributed by atoms with van der Waals surface area (Å²) in [4.78, 5) is 35.3. The van der Waals surface area contributed by atoms with Crippen LogP contribution in [0.2, 0.25) is 0 Å². The molecule has 2 atom stereocenters. The third-order valence-electron chi connectivity index (χ3n) is 2.36. The average Bonchev–Trinajstić information content (AvgIpc) is 3.06. The van der Waals surface area contributed by atoms with Crippen LogP contribution in [0.3, 0.4) is 0 Å². The van der Waals surface area contributed by atoms with E-state index in [1.54, 1.807) is 18.7 Å². The van der Waals surface area contributed by atoms with Crippen LogP contribution in [-0.4, -0.2) is 61.6 Å². The Hall–Kier alpha value is -1.63. The summed E-state index contributed by atoms with van der Waals surface area (Å²) >= 11 is 0. The summed E-state index contributed by atoms with van der Waals surface area (Å²) in [5, 5.41) is 2.42. The zero-order valence-corrected chi connectivity index (χ0v) is 10.6. The fraction of sp³-hybridized carbons (Fsp3) is 0.727. The molecule has 0 aromatic carbocycles. The first kappa shape index (κ1) is 14.4. The molecule has 0 radical (unpaired) electrons. The normalized spacial score (nSPS) is 21.0. The number of hydrogen-bond acceptors (Lipinski definition) is 6. The van der Waals surface area contributed by atoms with Crippen LogP contribution in [0.5, 0.6) is 0 Å². The first-order valence-corrected chi connectivity index (χ1v) is 5.91. The number of rotatable bonds is 7. The van der Waals surface area contributed by atoms with Gasteiger partial charge in [0.2, 0.25) is 5.91 Å². The molecule has 1 aliphatic rings. The molecule has 0 bridgehead atoms. The van der Waals surface area contributed by atoms with E-state index in [1.807, 2.05) is 0 Å². The molecule has 1 saturated heterocycles. The Morgan fingerprint density at radius 2 is 1.89 bits per heavy atom. The second-order valence-electron chi connectivity index (χ2n) is 3.78. The Morgan fingerprint density at radius 3 is 2.50 bits per heavy atom. The van der Waals surface area contributed by atoms with Crippen LogP contribution < -0.4 is 5.32 Å². The lowest BCUT2D eigenvalue weighted by atomic mass is 10.5. The molecule has 7 nitrogen and oxygen atoms in total. The van der Waals surface area contributed by atoms with E-state index in [4.69, 9.17) is 4.74 Å². The maximum atomic E-state index is 11.4. The lowest BCUT2D eigenvalue weighted by Crippen LogP contribution is -2.35. The highest BCUT2D eigenvalue weighted by Gasteiger charge is 2.42. The van der Waals surface area contributed by atoms with Gasteiger partial charge in [0, 0.05) is 6.54 Å². The van der Waals surface area contributed by atoms with Crippen LogP contribution in [0.4, 0.5) is 0 Å². The number of hydrogen-bond donors (Lipinski definition) is 1. The van der Waals surface area contributed by atoms with Crippen molar-refractivity contribution in [3.63, 3.8) is 0 Å². The molecule has 1 aliphatic heterocycles. The molecule has 102 valence electrons. The molecule has 7 heteroatoms. The second-order valence-corrected chi connectivity index (χ2v) is 3.78. The zero-order chi connectivity index (χ0) is 13.5. The van der Waals surface area contributed by atoms with Crippen LogP contribution >= 0.6 is 0 Å². The summed E-state index contributed by atoms with van der Waals surface area (Å²) < 4.78 is 9.48. The zero-order valence-electron chi connectivity index (χ0n) is 10.6. The highest BCUT2D eigenvalue weighted by molar-refractivity contribution is 5.85. The van der Waals surface area contributed by atoms with Gasteiger partial charge >= 0.3 is 11.9 Å². The number of carbonyl (C=O) groups is 3. The van der Waals surface area contributed by atoms with Crippen molar-refractivity contribution in [2.75, 3.05) is 32.8 Å². The van der Waals surface area contributed by atoms with Gasteiger partial charge in [-0.1, -0.05) is 0 Å². The Labute approximate surface area is 105 Å². The fourth-order valence-corrected chi connectivity index (χ4v) is 1.43. The van der Waals surface area contributed by atoms with Crippen LogP contribution in [-0.2, 0) is 23.9 Å². The molecule has 0 aromatic heterocycles. The van der Waals surface area contributed by atoms with E-state index in [-0.39, 0.29) is 37.6 Å². The van der Waals surface area contributed by atoms with E-state index >= 15 is 0 Å². The molecule has 0 aliphatic carbocycles. The van der Waals surface area contributed by atoms with E-state index < -0.39 is 5.97 Å². The summed E-state index contributed by atoms with van der Waals surface area (Å²) in [5.74, 6) is -1.09. The van der Waals surface area contributed by atoms with E-state index in [9.17, 15) is 14.4 Å². The SMILES string of the molecule is CCOC(=O)CNC(=O)CN1C[C@@H]1C(=O)OCC. The van der Waals surface area contributed by atoms with Gasteiger partial charge < -0.3 is 14.8 Å². The maximum Gasteiger partial charge on any atom is 0.325 e. The second kappa shape index (κ2) is 6.95. The van der Waals surface area contributed by atoms with Crippen LogP contribution in [0.1, 0.15) is 13.8 Å². The van der Waals surface area contributed by atoms with Gasteiger partial charge in [0.15, 0.2) is 0 Å². The van der Waals surface area contributed by atoms with Crippen molar-refractivity contribution in [3.8, 4) is 0 Å². The Balaban J connectivity index is 2.15. The predicted octanol–water partition coefficient (Wildman–Crippen LogP) is -1.09. The highest BCUT2D eigenvalue weighted by atomic mass is 16.5. The lowest BCUT2D eigenvalue weighted by molar-refractivity contribution is -0.144. The standard InChI is InChI=1S/C11H18N2O5/c1-3-17-10(15)5-12-9(14)7-13-6-8(13)11(16)18-4-2/h8H,3-7H2,1-2H3,(H,12,14)/t8-,13?/m1/s1. The molecule has 1 unspecified atom stereocenters. The first-order chi connectivity index (χ1) is 8.58. The molecule has 0 aromatic rings. The van der Waals surface area contributed by atoms with Crippen molar-refractivity contribution >= 4 is 17.8 Å². The molecule has 1 rings (SSSR count). The largest absolute Gasteiger partial charge is 0.465 e. The predicted molar refractivity (Wildman–Crippen MR) is 61.6 cm³/mol. The quantitative estimate of drug-likeness (QED) is 0.461. The average molecular weight is 258 g/mol. The summed E-state index contributed by atoms with van der Waals surface area (Å²) in [6.07, 6.45) is 0. The number of nitrogens with one attached hydrogen (secondary N) is 1. The third-order valence-corrected chi connectivity index (χ3v) is 2.36. The molecule has 18 heavy (non-hydrogen) atoms. The van der Waals surface area contributed by atoms with Crippen molar-refractivity contribution in [2.45, 2.75) is 19.9 Å². The summed E-state index contributed by atoms with van der Waals surface area (Å²) in [5.41, 5.74) is 0. The summed E-state index contributed by atoms with van der Waals surface area (Å²) in [6.45, 7) is 4.50. The third kappa shape index (κ3) is 4.70. The van der Waals surface area contributed by atoms with E-state index in [0.29, 0.717) is 13.2 Å². The topological polar surface area (TPSA) is 84.7 Å². The van der Waals surface area contributed by atoms with Gasteiger partial charge in [-0.2, -0.15) is 0 Å². The number of carbonyl (C=O) groups excluding carboxylic acids is 3. The Kier molecular flexibility index (Phi) is 5.57. The Bertz CT molecular complexity index is 331. The van der Waals surface area contributed by atoms with E-state index in [0.717, 1.165) is 0 Å². The molecular weight excluding hydrogens is 240 g/mol. The monoisotopic (exact) mass is 258 g/mol. The highest BCUT2D eigenvalue weighted by Crippen LogP contribution is 2.17. The van der Waals surface area contributed by atoms with Gasteiger partial charge in [0.1, 0.15) is 12.6 Å². The van der Waals surface area contributed by atoms with E-state index in [1.165, 1.54) is 0 Å². The van der Waals surface area contributed by atoms with Gasteiger partial charge in [-0.25, -0.2) is 0 Å². The molecular formula is C11H18N2O5. The minimum absolute atomic E-state index is 0.0862. The lowest BCUT2D eigenvalue weighted by Gasteiger charge is -2.06. The van der Waals surface area contributed by atoms with Crippen molar-refractivity contribution in [1.29, 1.82) is 0 Å². The van der Waals surface area contributed by atoms with Crippen molar-refractivity contribution in [3.05, 3.63) is 0 Å². The van der Waals surface area contributed by atoms with Gasteiger partial charge in [0.05, 0.1) is 19.8 Å². The maximum absolute atomic E-state index is 11.4. The van der Waals surface area contributed by atoms with Crippen LogP contribution in [0.25, 0.3) is 0 Å². The minimum Gasteiger partial charge on any atom is -0.465 e. The van der Waals surface area contributed by atoms with Crippen molar-refractivity contribution in [1.82, 2.24) is 10.2 Å². The van der Waals surface area contributed by atoms with Crippen LogP contribution in [0.15, 0.2) is 0 Å².